The van der Waals surface area contributed by atoms with Gasteiger partial charge >= 0.3 is 0 Å². The first-order chi connectivity index (χ1) is 10.2. The molecule has 1 aromatic carbocycles. The van der Waals surface area contributed by atoms with E-state index in [2.05, 4.69) is 27.3 Å². The Morgan fingerprint density at radius 3 is 3.19 bits per heavy atom. The molecule has 0 amide bonds. The molecule has 1 fully saturated rings. The molecule has 0 aliphatic carbocycles. The second-order valence-corrected chi connectivity index (χ2v) is 5.34. The molecular formula is C15H20N4O2. The molecule has 1 aliphatic rings. The van der Waals surface area contributed by atoms with Crippen molar-refractivity contribution in [2.75, 3.05) is 26.7 Å². The second-order valence-electron chi connectivity index (χ2n) is 5.34. The number of rotatable bonds is 4. The van der Waals surface area contributed by atoms with Crippen LogP contribution >= 0.6 is 0 Å². The van der Waals surface area contributed by atoms with Crippen molar-refractivity contribution in [3.05, 3.63) is 30.1 Å². The number of methoxy groups -OCH3 is 1. The SMILES string of the molecule is COc1cccc(-c2nc(CN3CCNC(C)C3)no2)c1. The summed E-state index contributed by atoms with van der Waals surface area (Å²) in [6.07, 6.45) is 0. The minimum atomic E-state index is 0.503. The molecule has 2 aromatic rings. The van der Waals surface area contributed by atoms with Gasteiger partial charge in [-0.2, -0.15) is 4.98 Å². The van der Waals surface area contributed by atoms with Crippen LogP contribution in [0.15, 0.2) is 28.8 Å². The topological polar surface area (TPSA) is 63.4 Å². The zero-order valence-corrected chi connectivity index (χ0v) is 12.4. The van der Waals surface area contributed by atoms with Crippen LogP contribution in [-0.2, 0) is 6.54 Å². The molecule has 2 heterocycles. The van der Waals surface area contributed by atoms with Crippen LogP contribution in [-0.4, -0.2) is 47.8 Å². The van der Waals surface area contributed by atoms with Crippen LogP contribution in [0.4, 0.5) is 0 Å². The Labute approximate surface area is 124 Å². The number of ether oxygens (including phenoxy) is 1. The lowest BCUT2D eigenvalue weighted by atomic mass is 10.2. The van der Waals surface area contributed by atoms with Crippen LogP contribution in [0.2, 0.25) is 0 Å². The average molecular weight is 288 g/mol. The Hall–Kier alpha value is -1.92. The summed E-state index contributed by atoms with van der Waals surface area (Å²) >= 11 is 0. The van der Waals surface area contributed by atoms with E-state index >= 15 is 0 Å². The molecule has 0 radical (unpaired) electrons. The summed E-state index contributed by atoms with van der Waals surface area (Å²) in [4.78, 5) is 6.81. The average Bonchev–Trinajstić information content (AvgIpc) is 2.96. The van der Waals surface area contributed by atoms with Crippen LogP contribution in [0.3, 0.4) is 0 Å². The van der Waals surface area contributed by atoms with Crippen molar-refractivity contribution in [2.45, 2.75) is 19.5 Å². The number of hydrogen-bond acceptors (Lipinski definition) is 6. The maximum Gasteiger partial charge on any atom is 0.258 e. The number of piperazine rings is 1. The third kappa shape index (κ3) is 3.40. The number of nitrogens with one attached hydrogen (secondary N) is 1. The van der Waals surface area contributed by atoms with Crippen LogP contribution in [0.25, 0.3) is 11.5 Å². The van der Waals surface area contributed by atoms with E-state index in [1.807, 2.05) is 24.3 Å². The first-order valence-electron chi connectivity index (χ1n) is 7.17. The molecule has 0 bridgehead atoms. The summed E-state index contributed by atoms with van der Waals surface area (Å²) in [6, 6.07) is 8.14. The predicted octanol–water partition coefficient (Wildman–Crippen LogP) is 1.54. The number of aromatic nitrogens is 2. The predicted molar refractivity (Wildman–Crippen MR) is 79.0 cm³/mol. The minimum absolute atomic E-state index is 0.503. The third-order valence-electron chi connectivity index (χ3n) is 3.60. The van der Waals surface area contributed by atoms with E-state index in [1.165, 1.54) is 0 Å². The van der Waals surface area contributed by atoms with Gasteiger partial charge in [0, 0.05) is 31.2 Å². The standard InChI is InChI=1S/C15H20N4O2/c1-11-9-19(7-6-16-11)10-14-17-15(21-18-14)12-4-3-5-13(8-12)20-2/h3-5,8,11,16H,6-7,9-10H2,1-2H3. The zero-order chi connectivity index (χ0) is 14.7. The van der Waals surface area contributed by atoms with Gasteiger partial charge in [0.05, 0.1) is 13.7 Å². The van der Waals surface area contributed by atoms with Crippen molar-refractivity contribution in [3.8, 4) is 17.2 Å². The molecule has 1 atom stereocenters. The fourth-order valence-corrected chi connectivity index (χ4v) is 2.55. The fraction of sp³-hybridized carbons (Fsp3) is 0.467. The number of nitrogens with zero attached hydrogens (tertiary/aromatic N) is 3. The smallest absolute Gasteiger partial charge is 0.258 e. The molecular weight excluding hydrogens is 268 g/mol. The first-order valence-corrected chi connectivity index (χ1v) is 7.17. The summed E-state index contributed by atoms with van der Waals surface area (Å²) in [6.45, 7) is 5.92. The Morgan fingerprint density at radius 2 is 2.38 bits per heavy atom. The largest absolute Gasteiger partial charge is 0.497 e. The lowest BCUT2D eigenvalue weighted by Gasteiger charge is -2.30. The monoisotopic (exact) mass is 288 g/mol. The maximum atomic E-state index is 5.36. The Morgan fingerprint density at radius 1 is 1.48 bits per heavy atom. The third-order valence-corrected chi connectivity index (χ3v) is 3.60. The van der Waals surface area contributed by atoms with Gasteiger partial charge in [0.25, 0.3) is 5.89 Å². The minimum Gasteiger partial charge on any atom is -0.497 e. The maximum absolute atomic E-state index is 5.36. The van der Waals surface area contributed by atoms with Gasteiger partial charge < -0.3 is 14.6 Å². The highest BCUT2D eigenvalue weighted by Gasteiger charge is 2.18. The van der Waals surface area contributed by atoms with Crippen molar-refractivity contribution in [2.24, 2.45) is 0 Å². The van der Waals surface area contributed by atoms with Gasteiger partial charge in [0.15, 0.2) is 5.82 Å². The zero-order valence-electron chi connectivity index (χ0n) is 12.4. The van der Waals surface area contributed by atoms with Crippen molar-refractivity contribution in [1.82, 2.24) is 20.4 Å². The summed E-state index contributed by atoms with van der Waals surface area (Å²) in [5, 5.41) is 7.50. The Bertz CT molecular complexity index is 599. The van der Waals surface area contributed by atoms with Gasteiger partial charge in [-0.1, -0.05) is 11.2 Å². The summed E-state index contributed by atoms with van der Waals surface area (Å²) in [5.74, 6) is 2.04. The molecule has 6 nitrogen and oxygen atoms in total. The molecule has 21 heavy (non-hydrogen) atoms. The normalized spacial score (nSPS) is 19.6. The van der Waals surface area contributed by atoms with Crippen LogP contribution in [0.5, 0.6) is 5.75 Å². The van der Waals surface area contributed by atoms with Crippen molar-refractivity contribution in [3.63, 3.8) is 0 Å². The molecule has 3 rings (SSSR count). The highest BCUT2D eigenvalue weighted by Crippen LogP contribution is 2.22. The molecule has 1 N–H and O–H groups in total. The van der Waals surface area contributed by atoms with Crippen LogP contribution in [0.1, 0.15) is 12.7 Å². The van der Waals surface area contributed by atoms with Gasteiger partial charge in [-0.3, -0.25) is 4.90 Å². The first kappa shape index (κ1) is 14.0. The molecule has 0 saturated carbocycles. The van der Waals surface area contributed by atoms with E-state index in [0.29, 0.717) is 11.9 Å². The number of benzene rings is 1. The van der Waals surface area contributed by atoms with E-state index in [9.17, 15) is 0 Å². The molecule has 6 heteroatoms. The van der Waals surface area contributed by atoms with Crippen molar-refractivity contribution in [1.29, 1.82) is 0 Å². The molecule has 1 saturated heterocycles. The lowest BCUT2D eigenvalue weighted by molar-refractivity contribution is 0.193. The van der Waals surface area contributed by atoms with E-state index in [1.54, 1.807) is 7.11 Å². The van der Waals surface area contributed by atoms with Gasteiger partial charge in [-0.05, 0) is 25.1 Å². The van der Waals surface area contributed by atoms with Gasteiger partial charge in [0.2, 0.25) is 0 Å². The molecule has 112 valence electrons. The van der Waals surface area contributed by atoms with Gasteiger partial charge in [-0.15, -0.1) is 0 Å². The van der Waals surface area contributed by atoms with Crippen LogP contribution in [0, 0.1) is 0 Å². The highest BCUT2D eigenvalue weighted by atomic mass is 16.5. The van der Waals surface area contributed by atoms with Crippen molar-refractivity contribution < 1.29 is 9.26 Å². The molecule has 1 aliphatic heterocycles. The van der Waals surface area contributed by atoms with Gasteiger partial charge in [-0.25, -0.2) is 0 Å². The van der Waals surface area contributed by atoms with E-state index < -0.39 is 0 Å². The van der Waals surface area contributed by atoms with E-state index in [4.69, 9.17) is 9.26 Å². The Balaban J connectivity index is 1.70. The molecule has 1 aromatic heterocycles. The quantitative estimate of drug-likeness (QED) is 0.920. The van der Waals surface area contributed by atoms with Crippen molar-refractivity contribution >= 4 is 0 Å². The van der Waals surface area contributed by atoms with E-state index in [0.717, 1.165) is 43.3 Å². The van der Waals surface area contributed by atoms with Crippen LogP contribution < -0.4 is 10.1 Å². The second kappa shape index (κ2) is 6.24. The highest BCUT2D eigenvalue weighted by molar-refractivity contribution is 5.55. The Kier molecular flexibility index (Phi) is 4.17. The molecule has 0 spiro atoms. The lowest BCUT2D eigenvalue weighted by Crippen LogP contribution is -2.48. The fourth-order valence-electron chi connectivity index (χ4n) is 2.55. The number of hydrogen-bond donors (Lipinski definition) is 1. The summed E-state index contributed by atoms with van der Waals surface area (Å²) in [5.41, 5.74) is 0.877. The van der Waals surface area contributed by atoms with E-state index in [-0.39, 0.29) is 0 Å². The summed E-state index contributed by atoms with van der Waals surface area (Å²) < 4.78 is 10.6. The molecule has 1 unspecified atom stereocenters. The van der Waals surface area contributed by atoms with Gasteiger partial charge in [0.1, 0.15) is 5.75 Å². The summed E-state index contributed by atoms with van der Waals surface area (Å²) in [7, 11) is 1.64.